The van der Waals surface area contributed by atoms with E-state index in [0.29, 0.717) is 0 Å². The van der Waals surface area contributed by atoms with E-state index in [-0.39, 0.29) is 75.3 Å². The van der Waals surface area contributed by atoms with Crippen molar-refractivity contribution in [1.82, 2.24) is 0 Å². The molecule has 0 bridgehead atoms. The van der Waals surface area contributed by atoms with E-state index in [0.717, 1.165) is 0 Å². The first-order valence-corrected chi connectivity index (χ1v) is 0.494. The van der Waals surface area contributed by atoms with Crippen LogP contribution in [0.5, 0.6) is 0 Å². The molecule has 0 aromatic heterocycles. The Morgan fingerprint density at radius 3 is 1.80 bits per heavy atom. The molecule has 0 aliphatic carbocycles. The second kappa shape index (κ2) is 17.6. The Bertz CT molecular complexity index is 23.2. The summed E-state index contributed by atoms with van der Waals surface area (Å²) in [5.74, 6) is 0. The maximum absolute atomic E-state index is 8.36. The molecule has 1 radical (unpaired) electrons. The maximum Gasteiger partial charge on any atom is 2.00 e. The third-order valence-electron chi connectivity index (χ3n) is 0. The molecule has 0 unspecified atom stereocenters. The fraction of sp³-hybridized carbons (Fsp3) is 0. The van der Waals surface area contributed by atoms with Crippen molar-refractivity contribution in [3.63, 3.8) is 0 Å². The summed E-state index contributed by atoms with van der Waals surface area (Å²) in [6.07, 6.45) is 0. The summed E-state index contributed by atoms with van der Waals surface area (Å²) < 4.78 is 0. The number of carboxylic acid groups (broad SMARTS) is 1. The molecule has 5 heavy (non-hydrogen) atoms. The fourth-order valence-electron chi connectivity index (χ4n) is 0. The van der Waals surface area contributed by atoms with Crippen LogP contribution in [0.3, 0.4) is 0 Å². The molecule has 0 aromatic carbocycles. The van der Waals surface area contributed by atoms with Gasteiger partial charge >= 0.3 is 48.9 Å². The number of rotatable bonds is 0. The molecule has 2 nitrogen and oxygen atoms in total. The first-order valence-electron chi connectivity index (χ1n) is 0.494. The van der Waals surface area contributed by atoms with Crippen molar-refractivity contribution in [3.05, 3.63) is 0 Å². The van der Waals surface area contributed by atoms with Crippen molar-refractivity contribution in [1.29, 1.82) is 0 Å². The molecule has 0 amide bonds. The first kappa shape index (κ1) is 16.0. The Balaban J connectivity index is -0.00000000333. The minimum absolute atomic E-state index is 0. The molecular weight excluding hydrogens is 245 g/mol. The molecule has 0 aliphatic heterocycles. The molecule has 0 heterocycles. The van der Waals surface area contributed by atoms with Crippen LogP contribution in [0.4, 0.5) is 0 Å². The van der Waals surface area contributed by atoms with Crippen LogP contribution in [0.15, 0.2) is 0 Å². The monoisotopic (exact) mass is 249 g/mol. The molecule has 0 aromatic rings. The van der Waals surface area contributed by atoms with Gasteiger partial charge in [0.1, 0.15) is 0 Å². The summed E-state index contributed by atoms with van der Waals surface area (Å²) in [5, 5.41) is 6.89. The van der Waals surface area contributed by atoms with Gasteiger partial charge in [-0.1, -0.05) is 0 Å². The van der Waals surface area contributed by atoms with E-state index in [1.807, 2.05) is 0 Å². The van der Waals surface area contributed by atoms with E-state index in [2.05, 4.69) is 0 Å². The van der Waals surface area contributed by atoms with Gasteiger partial charge in [0.15, 0.2) is 0 Å². The molecule has 0 saturated carbocycles. The second-order valence-electron chi connectivity index (χ2n) is 0.105. The van der Waals surface area contributed by atoms with Gasteiger partial charge in [-0.15, -0.1) is 0 Å². The fourth-order valence-corrected chi connectivity index (χ4v) is 0. The van der Waals surface area contributed by atoms with Crippen molar-refractivity contribution in [2.75, 3.05) is 0 Å². The molecule has 0 fully saturated rings. The summed E-state index contributed by atoms with van der Waals surface area (Å²) in [6.45, 7) is -0.250. The van der Waals surface area contributed by atoms with E-state index in [4.69, 9.17) is 9.90 Å². The Hall–Kier alpha value is 1.56. The van der Waals surface area contributed by atoms with Gasteiger partial charge in [-0.05, 0) is 0 Å². The molecule has 4 heteroatoms. The largest absolute Gasteiger partial charge is 2.00 e. The van der Waals surface area contributed by atoms with E-state index in [1.165, 1.54) is 0 Å². The Morgan fingerprint density at radius 1 is 1.80 bits per heavy atom. The van der Waals surface area contributed by atoms with Gasteiger partial charge in [0, 0.05) is 17.1 Å². The van der Waals surface area contributed by atoms with Crippen LogP contribution in [0, 0.1) is 0 Å². The van der Waals surface area contributed by atoms with Crippen molar-refractivity contribution in [2.24, 2.45) is 0 Å². The van der Waals surface area contributed by atoms with Crippen LogP contribution in [0.25, 0.3) is 0 Å². The molecule has 0 rings (SSSR count). The predicted octanol–water partition coefficient (Wildman–Crippen LogP) is -0.457. The van der Waals surface area contributed by atoms with Gasteiger partial charge in [0.25, 0.3) is 6.47 Å². The van der Waals surface area contributed by atoms with Crippen molar-refractivity contribution in [2.45, 2.75) is 0 Å². The zero-order chi connectivity index (χ0) is 2.71. The van der Waals surface area contributed by atoms with Crippen molar-refractivity contribution < 1.29 is 29.8 Å². The van der Waals surface area contributed by atoms with E-state index < -0.39 is 0 Å². The van der Waals surface area contributed by atoms with Crippen LogP contribution in [-0.2, 0) is 21.9 Å². The van der Waals surface area contributed by atoms with E-state index >= 15 is 0 Å². The summed E-state index contributed by atoms with van der Waals surface area (Å²) in [6, 6.07) is 0. The molecule has 0 atom stereocenters. The quantitative estimate of drug-likeness (QED) is 0.466. The van der Waals surface area contributed by atoms with Crippen LogP contribution >= 0.6 is 0 Å². The normalized spacial score (nSPS) is 2.40. The van der Waals surface area contributed by atoms with Crippen LogP contribution in [0.2, 0.25) is 0 Å². The Morgan fingerprint density at radius 2 is 1.80 bits per heavy atom. The van der Waals surface area contributed by atoms with Crippen LogP contribution in [0.1, 0.15) is 2.85 Å². The van der Waals surface area contributed by atoms with Crippen LogP contribution in [-0.4, -0.2) is 60.5 Å². The zero-order valence-electron chi connectivity index (χ0n) is 4.44. The third kappa shape index (κ3) is 28.9. The van der Waals surface area contributed by atoms with Crippen molar-refractivity contribution >= 4 is 55.4 Å². The van der Waals surface area contributed by atoms with Gasteiger partial charge in [0.05, 0.1) is 0 Å². The van der Waals surface area contributed by atoms with Crippen LogP contribution < -0.4 is 0 Å². The average molecular weight is 249 g/mol. The zero-order valence-corrected chi connectivity index (χ0v) is 7.82. The molecule has 0 saturated heterocycles. The Kier molecular flexibility index (Phi) is 56.4. The Labute approximate surface area is 83.8 Å². The minimum atomic E-state index is -0.250. The average Bonchev–Trinajstić information content (AvgIpc) is 0.918. The van der Waals surface area contributed by atoms with Gasteiger partial charge in [-0.2, -0.15) is 0 Å². The van der Waals surface area contributed by atoms with Gasteiger partial charge in [-0.3, -0.25) is 4.79 Å². The summed E-state index contributed by atoms with van der Waals surface area (Å²) in [7, 11) is 0. The van der Waals surface area contributed by atoms with Gasteiger partial charge in [-0.25, -0.2) is 0 Å². The van der Waals surface area contributed by atoms with E-state index in [1.54, 1.807) is 0 Å². The number of carbonyl (C=O) groups is 1. The standard InChI is InChI=1S/CH2O2.Ba.Cu.2H/c2-1-3;;;;/h1H,(H,2,3);;;;/q;+2;;2*-1. The minimum Gasteiger partial charge on any atom is -1.00 e. The summed E-state index contributed by atoms with van der Waals surface area (Å²) in [5.41, 5.74) is 0. The molecular formula is CH4BaCuO2. The van der Waals surface area contributed by atoms with Gasteiger partial charge in [0.2, 0.25) is 0 Å². The topological polar surface area (TPSA) is 37.3 Å². The second-order valence-corrected chi connectivity index (χ2v) is 0.105. The SMILES string of the molecule is O=CO.[Ba+2].[Cu].[H-].[H-]. The predicted molar refractivity (Wildman–Crippen MR) is 16.7 cm³/mol. The molecule has 1 N–H and O–H groups in total. The number of hydrogen-bond acceptors (Lipinski definition) is 1. The maximum atomic E-state index is 8.36. The van der Waals surface area contributed by atoms with Gasteiger partial charge < -0.3 is 7.96 Å². The molecule has 0 spiro atoms. The number of hydrogen-bond donors (Lipinski definition) is 1. The molecule has 33 valence electrons. The third-order valence-corrected chi connectivity index (χ3v) is 0. The smallest absolute Gasteiger partial charge is 1.00 e. The summed E-state index contributed by atoms with van der Waals surface area (Å²) >= 11 is 0. The van der Waals surface area contributed by atoms with E-state index in [9.17, 15) is 0 Å². The summed E-state index contributed by atoms with van der Waals surface area (Å²) in [4.78, 5) is 8.36. The molecule has 0 aliphatic rings. The first-order chi connectivity index (χ1) is 1.41. The van der Waals surface area contributed by atoms with Crippen molar-refractivity contribution in [3.8, 4) is 0 Å².